The molecule has 0 aliphatic rings. The zero-order valence-corrected chi connectivity index (χ0v) is 8.63. The van der Waals surface area contributed by atoms with E-state index in [4.69, 9.17) is 5.11 Å². The van der Waals surface area contributed by atoms with E-state index in [-0.39, 0.29) is 0 Å². The van der Waals surface area contributed by atoms with Crippen molar-refractivity contribution in [1.29, 1.82) is 0 Å². The van der Waals surface area contributed by atoms with Gasteiger partial charge in [0, 0.05) is 12.4 Å². The molecule has 1 aromatic carbocycles. The number of aromatic nitrogens is 1. The smallest absolute Gasteiger partial charge is 0.335 e. The molecule has 1 heterocycles. The second kappa shape index (κ2) is 4.57. The Morgan fingerprint density at radius 1 is 1.00 bits per heavy atom. The minimum absolute atomic E-state index is 0.318. The topological polar surface area (TPSA) is 50.2 Å². The van der Waals surface area contributed by atoms with Gasteiger partial charge in [0.15, 0.2) is 0 Å². The highest BCUT2D eigenvalue weighted by Crippen LogP contribution is 2.10. The summed E-state index contributed by atoms with van der Waals surface area (Å²) in [5.41, 5.74) is 2.58. The normalized spacial score (nSPS) is 10.0. The van der Waals surface area contributed by atoms with Crippen molar-refractivity contribution in [3.8, 4) is 0 Å². The Morgan fingerprint density at radius 2 is 1.56 bits per heavy atom. The Morgan fingerprint density at radius 3 is 2.12 bits per heavy atom. The van der Waals surface area contributed by atoms with Gasteiger partial charge in [-0.1, -0.05) is 12.1 Å². The molecule has 80 valence electrons. The fourth-order valence-electron chi connectivity index (χ4n) is 1.50. The predicted octanol–water partition coefficient (Wildman–Crippen LogP) is 2.37. The number of carboxylic acid groups (broad SMARTS) is 1. The third kappa shape index (κ3) is 2.45. The molecule has 0 amide bonds. The van der Waals surface area contributed by atoms with E-state index >= 15 is 0 Å². The number of nitrogens with zero attached hydrogens (tertiary/aromatic N) is 1. The molecule has 2 rings (SSSR count). The van der Waals surface area contributed by atoms with Crippen molar-refractivity contribution >= 4 is 5.97 Å². The molecule has 16 heavy (non-hydrogen) atoms. The Balaban J connectivity index is 2.14. The van der Waals surface area contributed by atoms with Gasteiger partial charge >= 0.3 is 5.97 Å². The summed E-state index contributed by atoms with van der Waals surface area (Å²) >= 11 is 0. The van der Waals surface area contributed by atoms with Gasteiger partial charge in [0.05, 0.1) is 5.56 Å². The van der Waals surface area contributed by atoms with Crippen LogP contribution in [-0.4, -0.2) is 16.1 Å². The summed E-state index contributed by atoms with van der Waals surface area (Å²) in [5, 5.41) is 8.76. The number of hydrogen-bond acceptors (Lipinski definition) is 2. The quantitative estimate of drug-likeness (QED) is 0.851. The van der Waals surface area contributed by atoms with Crippen LogP contribution in [0.1, 0.15) is 21.5 Å². The largest absolute Gasteiger partial charge is 0.478 e. The molecule has 3 nitrogen and oxygen atoms in total. The lowest BCUT2D eigenvalue weighted by Crippen LogP contribution is -1.96. The zero-order chi connectivity index (χ0) is 11.4. The highest BCUT2D eigenvalue weighted by molar-refractivity contribution is 5.87. The lowest BCUT2D eigenvalue weighted by molar-refractivity contribution is 0.0697. The number of rotatable bonds is 3. The van der Waals surface area contributed by atoms with Crippen LogP contribution in [0.3, 0.4) is 0 Å². The van der Waals surface area contributed by atoms with Crippen LogP contribution in [0.2, 0.25) is 0 Å². The Hall–Kier alpha value is -2.16. The van der Waals surface area contributed by atoms with Gasteiger partial charge in [-0.15, -0.1) is 0 Å². The molecule has 0 bridgehead atoms. The minimum atomic E-state index is -0.893. The van der Waals surface area contributed by atoms with Crippen LogP contribution in [0.25, 0.3) is 0 Å². The highest BCUT2D eigenvalue weighted by Gasteiger charge is 2.01. The van der Waals surface area contributed by atoms with Gasteiger partial charge in [0.1, 0.15) is 0 Å². The van der Waals surface area contributed by atoms with E-state index in [9.17, 15) is 4.79 Å². The van der Waals surface area contributed by atoms with E-state index in [0.717, 1.165) is 17.5 Å². The van der Waals surface area contributed by atoms with Gasteiger partial charge in [-0.05, 0) is 41.8 Å². The van der Waals surface area contributed by atoms with Gasteiger partial charge in [-0.2, -0.15) is 0 Å². The summed E-state index contributed by atoms with van der Waals surface area (Å²) in [7, 11) is 0. The van der Waals surface area contributed by atoms with E-state index < -0.39 is 5.97 Å². The first-order valence-corrected chi connectivity index (χ1v) is 4.97. The molecule has 0 spiro atoms. The first-order valence-electron chi connectivity index (χ1n) is 4.97. The molecule has 0 unspecified atom stereocenters. The highest BCUT2D eigenvalue weighted by atomic mass is 16.4. The van der Waals surface area contributed by atoms with Crippen LogP contribution >= 0.6 is 0 Å². The van der Waals surface area contributed by atoms with Gasteiger partial charge in [-0.25, -0.2) is 4.79 Å². The van der Waals surface area contributed by atoms with Crippen molar-refractivity contribution in [1.82, 2.24) is 4.98 Å². The van der Waals surface area contributed by atoms with E-state index in [1.54, 1.807) is 24.5 Å². The van der Waals surface area contributed by atoms with Gasteiger partial charge < -0.3 is 5.11 Å². The molecule has 0 fully saturated rings. The first kappa shape index (κ1) is 10.4. The average molecular weight is 213 g/mol. The maximum atomic E-state index is 10.7. The zero-order valence-electron chi connectivity index (χ0n) is 8.63. The number of aromatic carboxylic acids is 1. The summed E-state index contributed by atoms with van der Waals surface area (Å²) in [5.74, 6) is -0.893. The number of hydrogen-bond donors (Lipinski definition) is 1. The van der Waals surface area contributed by atoms with Gasteiger partial charge in [0.2, 0.25) is 0 Å². The Bertz CT molecular complexity index is 477. The van der Waals surface area contributed by atoms with Crippen molar-refractivity contribution in [2.45, 2.75) is 6.42 Å². The van der Waals surface area contributed by atoms with Crippen LogP contribution in [0, 0.1) is 0 Å². The second-order valence-electron chi connectivity index (χ2n) is 3.53. The molecule has 1 N–H and O–H groups in total. The fraction of sp³-hybridized carbons (Fsp3) is 0.0769. The van der Waals surface area contributed by atoms with Gasteiger partial charge in [0.25, 0.3) is 0 Å². The second-order valence-corrected chi connectivity index (χ2v) is 3.53. The molecule has 0 radical (unpaired) electrons. The van der Waals surface area contributed by atoms with Crippen LogP contribution in [0.4, 0.5) is 0 Å². The van der Waals surface area contributed by atoms with E-state index in [2.05, 4.69) is 4.98 Å². The summed E-state index contributed by atoms with van der Waals surface area (Å²) in [6.45, 7) is 0. The van der Waals surface area contributed by atoms with Crippen LogP contribution < -0.4 is 0 Å². The predicted molar refractivity (Wildman–Crippen MR) is 60.4 cm³/mol. The summed E-state index contributed by atoms with van der Waals surface area (Å²) < 4.78 is 0. The molecular weight excluding hydrogens is 202 g/mol. The van der Waals surface area contributed by atoms with E-state index in [1.807, 2.05) is 24.3 Å². The molecule has 2 aromatic rings. The minimum Gasteiger partial charge on any atom is -0.478 e. The summed E-state index contributed by atoms with van der Waals surface area (Å²) in [6.07, 6.45) is 4.30. The lowest BCUT2D eigenvalue weighted by Gasteiger charge is -2.01. The SMILES string of the molecule is O=C(O)c1ccc(Cc2ccncc2)cc1. The first-order chi connectivity index (χ1) is 7.75. The molecule has 0 saturated heterocycles. The maximum absolute atomic E-state index is 10.7. The molecule has 1 aromatic heterocycles. The number of pyridine rings is 1. The number of benzene rings is 1. The van der Waals surface area contributed by atoms with Crippen molar-refractivity contribution in [3.63, 3.8) is 0 Å². The summed E-state index contributed by atoms with van der Waals surface area (Å²) in [4.78, 5) is 14.6. The van der Waals surface area contributed by atoms with Crippen molar-refractivity contribution in [3.05, 3.63) is 65.5 Å². The van der Waals surface area contributed by atoms with E-state index in [0.29, 0.717) is 5.56 Å². The third-order valence-corrected chi connectivity index (χ3v) is 2.36. The third-order valence-electron chi connectivity index (χ3n) is 2.36. The molecule has 0 aliphatic heterocycles. The van der Waals surface area contributed by atoms with Crippen molar-refractivity contribution in [2.75, 3.05) is 0 Å². The van der Waals surface area contributed by atoms with Gasteiger partial charge in [-0.3, -0.25) is 4.98 Å². The monoisotopic (exact) mass is 213 g/mol. The maximum Gasteiger partial charge on any atom is 0.335 e. The van der Waals surface area contributed by atoms with Crippen LogP contribution in [0.15, 0.2) is 48.8 Å². The molecular formula is C13H11NO2. The van der Waals surface area contributed by atoms with Crippen LogP contribution in [-0.2, 0) is 6.42 Å². The number of carbonyl (C=O) groups is 1. The lowest BCUT2D eigenvalue weighted by atomic mass is 10.0. The molecule has 0 atom stereocenters. The number of carboxylic acids is 1. The average Bonchev–Trinajstić information content (AvgIpc) is 2.31. The molecule has 3 heteroatoms. The summed E-state index contributed by atoms with van der Waals surface area (Å²) in [6, 6.07) is 10.8. The van der Waals surface area contributed by atoms with Crippen molar-refractivity contribution in [2.24, 2.45) is 0 Å². The molecule has 0 saturated carbocycles. The standard InChI is InChI=1S/C13H11NO2/c15-13(16)12-3-1-10(2-4-12)9-11-5-7-14-8-6-11/h1-8H,9H2,(H,15,16). The molecule has 0 aliphatic carbocycles. The Kier molecular flexibility index (Phi) is 2.96. The fourth-order valence-corrected chi connectivity index (χ4v) is 1.50. The van der Waals surface area contributed by atoms with Crippen molar-refractivity contribution < 1.29 is 9.90 Å². The Labute approximate surface area is 93.4 Å². The van der Waals surface area contributed by atoms with Crippen LogP contribution in [0.5, 0.6) is 0 Å². The van der Waals surface area contributed by atoms with E-state index in [1.165, 1.54) is 0 Å².